The van der Waals surface area contributed by atoms with Gasteiger partial charge in [0.15, 0.2) is 0 Å². The smallest absolute Gasteiger partial charge is 0.230 e. The Morgan fingerprint density at radius 2 is 1.72 bits per heavy atom. The average molecular weight is 312 g/mol. The van der Waals surface area contributed by atoms with E-state index in [0.717, 1.165) is 10.9 Å². The number of carbonyl (C=O) groups is 1. The third-order valence-corrected chi connectivity index (χ3v) is 4.67. The van der Waals surface area contributed by atoms with Crippen LogP contribution in [0.5, 0.6) is 0 Å². The van der Waals surface area contributed by atoms with Crippen molar-refractivity contribution >= 4 is 21.8 Å². The second kappa shape index (κ2) is 5.87. The fourth-order valence-electron chi connectivity index (χ4n) is 1.57. The number of alkyl halides is 1. The Hall–Kier alpha value is -0.830. The van der Waals surface area contributed by atoms with Gasteiger partial charge in [-0.25, -0.2) is 0 Å². The summed E-state index contributed by atoms with van der Waals surface area (Å²) in [6.45, 7) is 8.83. The number of benzene rings is 1. The van der Waals surface area contributed by atoms with Crippen molar-refractivity contribution in [2.75, 3.05) is 11.9 Å². The molecule has 1 aromatic rings. The van der Waals surface area contributed by atoms with Crippen LogP contribution in [0, 0.1) is 5.41 Å². The van der Waals surface area contributed by atoms with Crippen molar-refractivity contribution in [3.05, 3.63) is 35.9 Å². The quantitative estimate of drug-likeness (QED) is 0.828. The monoisotopic (exact) mass is 311 g/mol. The minimum absolute atomic E-state index is 0.0719. The molecule has 1 amide bonds. The van der Waals surface area contributed by atoms with Gasteiger partial charge < -0.3 is 5.32 Å². The van der Waals surface area contributed by atoms with Gasteiger partial charge in [-0.1, -0.05) is 60.1 Å². The van der Waals surface area contributed by atoms with Gasteiger partial charge in [-0.3, -0.25) is 4.79 Å². The summed E-state index contributed by atoms with van der Waals surface area (Å²) in [6, 6.07) is 9.88. The number of rotatable bonds is 5. The summed E-state index contributed by atoms with van der Waals surface area (Å²) in [5.41, 5.74) is 0.616. The normalized spacial score (nSPS) is 12.3. The topological polar surface area (TPSA) is 29.1 Å². The zero-order valence-electron chi connectivity index (χ0n) is 11.6. The van der Waals surface area contributed by atoms with E-state index in [1.807, 2.05) is 44.2 Å². The number of carbonyl (C=O) groups excluding carboxylic acids is 1. The third-order valence-electron chi connectivity index (χ3n) is 3.15. The van der Waals surface area contributed by atoms with E-state index in [0.29, 0.717) is 6.54 Å². The van der Waals surface area contributed by atoms with E-state index in [1.165, 1.54) is 0 Å². The first-order valence-electron chi connectivity index (χ1n) is 6.19. The number of amides is 1. The number of hydrogen-bond donors (Lipinski definition) is 1. The molecule has 0 aliphatic carbocycles. The average Bonchev–Trinajstić information content (AvgIpc) is 2.37. The fourth-order valence-corrected chi connectivity index (χ4v) is 1.77. The molecule has 0 bridgehead atoms. The van der Waals surface area contributed by atoms with Gasteiger partial charge in [0.25, 0.3) is 0 Å². The number of halogens is 1. The maximum Gasteiger partial charge on any atom is 0.230 e. The zero-order valence-corrected chi connectivity index (χ0v) is 13.2. The maximum absolute atomic E-state index is 12.3. The highest BCUT2D eigenvalue weighted by molar-refractivity contribution is 9.09. The van der Waals surface area contributed by atoms with Gasteiger partial charge >= 0.3 is 0 Å². The molecule has 3 heteroatoms. The van der Waals surface area contributed by atoms with Gasteiger partial charge in [-0.05, 0) is 24.8 Å². The molecule has 100 valence electrons. The van der Waals surface area contributed by atoms with Crippen molar-refractivity contribution in [3.8, 4) is 0 Å². The molecular weight excluding hydrogens is 290 g/mol. The summed E-state index contributed by atoms with van der Waals surface area (Å²) in [5.74, 6) is 0.0720. The Kier molecular flexibility index (Phi) is 4.97. The van der Waals surface area contributed by atoms with Crippen LogP contribution < -0.4 is 5.32 Å². The van der Waals surface area contributed by atoms with Crippen molar-refractivity contribution in [2.24, 2.45) is 5.41 Å². The fraction of sp³-hybridized carbons (Fsp3) is 0.533. The van der Waals surface area contributed by atoms with Gasteiger partial charge in [-0.15, -0.1) is 0 Å². The minimum Gasteiger partial charge on any atom is -0.355 e. The lowest BCUT2D eigenvalue weighted by Gasteiger charge is -2.28. The van der Waals surface area contributed by atoms with Crippen LogP contribution in [0.25, 0.3) is 0 Å². The summed E-state index contributed by atoms with van der Waals surface area (Å²) in [4.78, 5) is 12.3. The van der Waals surface area contributed by atoms with Crippen molar-refractivity contribution < 1.29 is 4.79 Å². The molecule has 0 heterocycles. The Morgan fingerprint density at radius 1 is 1.17 bits per heavy atom. The van der Waals surface area contributed by atoms with Crippen LogP contribution in [0.2, 0.25) is 0 Å². The lowest BCUT2D eigenvalue weighted by molar-refractivity contribution is -0.126. The van der Waals surface area contributed by atoms with E-state index in [9.17, 15) is 4.79 Å². The highest BCUT2D eigenvalue weighted by Gasteiger charge is 2.30. The zero-order chi connectivity index (χ0) is 13.8. The van der Waals surface area contributed by atoms with Gasteiger partial charge in [0, 0.05) is 11.9 Å². The van der Waals surface area contributed by atoms with Crippen molar-refractivity contribution in [3.63, 3.8) is 0 Å². The minimum atomic E-state index is -0.496. The van der Waals surface area contributed by atoms with Crippen molar-refractivity contribution in [2.45, 2.75) is 33.1 Å². The van der Waals surface area contributed by atoms with Crippen LogP contribution in [-0.2, 0) is 10.2 Å². The third kappa shape index (κ3) is 3.84. The van der Waals surface area contributed by atoms with E-state index >= 15 is 0 Å². The SMILES string of the molecule is CC(C)(CBr)CNC(=O)C(C)(C)c1ccccc1. The standard InChI is InChI=1S/C15H22BrNO/c1-14(2,10-16)11-17-13(18)15(3,4)12-8-6-5-7-9-12/h5-9H,10-11H2,1-4H3,(H,17,18). The van der Waals surface area contributed by atoms with Crippen LogP contribution >= 0.6 is 15.9 Å². The van der Waals surface area contributed by atoms with Crippen LogP contribution in [0.4, 0.5) is 0 Å². The molecule has 0 saturated heterocycles. The molecule has 1 aromatic carbocycles. The van der Waals surface area contributed by atoms with Crippen molar-refractivity contribution in [1.29, 1.82) is 0 Å². The Labute approximate surface area is 118 Å². The molecule has 0 radical (unpaired) electrons. The Bertz CT molecular complexity index is 398. The molecule has 0 fully saturated rings. The first-order chi connectivity index (χ1) is 8.29. The molecule has 0 unspecified atom stereocenters. The van der Waals surface area contributed by atoms with Gasteiger partial charge in [0.05, 0.1) is 5.41 Å². The molecule has 0 saturated carbocycles. The predicted octanol–water partition coefficient (Wildman–Crippen LogP) is 3.50. The van der Waals surface area contributed by atoms with Crippen LogP contribution in [0.1, 0.15) is 33.3 Å². The summed E-state index contributed by atoms with van der Waals surface area (Å²) < 4.78 is 0. The van der Waals surface area contributed by atoms with E-state index in [4.69, 9.17) is 0 Å². The van der Waals surface area contributed by atoms with E-state index < -0.39 is 5.41 Å². The van der Waals surface area contributed by atoms with E-state index in [2.05, 4.69) is 35.1 Å². The number of nitrogens with one attached hydrogen (secondary N) is 1. The lowest BCUT2D eigenvalue weighted by Crippen LogP contribution is -2.44. The summed E-state index contributed by atoms with van der Waals surface area (Å²) in [5, 5.41) is 3.91. The number of hydrogen-bond acceptors (Lipinski definition) is 1. The molecule has 1 rings (SSSR count). The second-order valence-corrected chi connectivity index (χ2v) is 6.53. The predicted molar refractivity (Wildman–Crippen MR) is 80.1 cm³/mol. The molecule has 0 aliphatic rings. The molecule has 0 spiro atoms. The van der Waals surface area contributed by atoms with Crippen LogP contribution in [-0.4, -0.2) is 17.8 Å². The van der Waals surface area contributed by atoms with E-state index in [1.54, 1.807) is 0 Å². The Balaban J connectivity index is 2.72. The second-order valence-electron chi connectivity index (χ2n) is 5.97. The largest absolute Gasteiger partial charge is 0.355 e. The molecule has 2 nitrogen and oxygen atoms in total. The molecule has 0 atom stereocenters. The molecule has 0 aromatic heterocycles. The molecule has 0 aliphatic heterocycles. The lowest BCUT2D eigenvalue weighted by atomic mass is 9.83. The van der Waals surface area contributed by atoms with Gasteiger partial charge in [-0.2, -0.15) is 0 Å². The highest BCUT2D eigenvalue weighted by atomic mass is 79.9. The van der Waals surface area contributed by atoms with Gasteiger partial charge in [0.1, 0.15) is 0 Å². The van der Waals surface area contributed by atoms with Gasteiger partial charge in [0.2, 0.25) is 5.91 Å². The molecule has 18 heavy (non-hydrogen) atoms. The van der Waals surface area contributed by atoms with Crippen LogP contribution in [0.3, 0.4) is 0 Å². The first kappa shape index (κ1) is 15.2. The first-order valence-corrected chi connectivity index (χ1v) is 7.31. The van der Waals surface area contributed by atoms with Crippen molar-refractivity contribution in [1.82, 2.24) is 5.32 Å². The Morgan fingerprint density at radius 3 is 2.22 bits per heavy atom. The molecule has 1 N–H and O–H groups in total. The summed E-state index contributed by atoms with van der Waals surface area (Å²) in [6.07, 6.45) is 0. The summed E-state index contributed by atoms with van der Waals surface area (Å²) >= 11 is 3.47. The highest BCUT2D eigenvalue weighted by Crippen LogP contribution is 2.24. The van der Waals surface area contributed by atoms with Crippen LogP contribution in [0.15, 0.2) is 30.3 Å². The molecular formula is C15H22BrNO. The summed E-state index contributed by atoms with van der Waals surface area (Å²) in [7, 11) is 0. The van der Waals surface area contributed by atoms with E-state index in [-0.39, 0.29) is 11.3 Å². The maximum atomic E-state index is 12.3.